The highest BCUT2D eigenvalue weighted by Gasteiger charge is 2.20. The number of aromatic carboxylic acids is 1. The number of hydrogen-bond acceptors (Lipinski definition) is 3. The van der Waals surface area contributed by atoms with Gasteiger partial charge in [-0.15, -0.1) is 0 Å². The molecule has 92 valence electrons. The third-order valence-electron chi connectivity index (χ3n) is 3.32. The Labute approximate surface area is 99.1 Å². The largest absolute Gasteiger partial charge is 0.477 e. The van der Waals surface area contributed by atoms with Gasteiger partial charge in [-0.25, -0.2) is 4.79 Å². The number of rotatable bonds is 2. The summed E-state index contributed by atoms with van der Waals surface area (Å²) in [5.41, 5.74) is 0.156. The van der Waals surface area contributed by atoms with Gasteiger partial charge in [-0.3, -0.25) is 4.79 Å². The zero-order chi connectivity index (χ0) is 12.4. The number of H-pyrrole nitrogens is 1. The monoisotopic (exact) mass is 236 g/mol. The number of likely N-dealkylation sites (tertiary alicyclic amines) is 1. The van der Waals surface area contributed by atoms with E-state index in [9.17, 15) is 9.59 Å². The van der Waals surface area contributed by atoms with Crippen molar-refractivity contribution >= 4 is 5.97 Å². The van der Waals surface area contributed by atoms with Crippen LogP contribution in [0.1, 0.15) is 34.8 Å². The first-order valence-corrected chi connectivity index (χ1v) is 5.73. The molecular formula is C12H16N2O3. The van der Waals surface area contributed by atoms with Crippen molar-refractivity contribution < 1.29 is 9.90 Å². The molecular weight excluding hydrogens is 220 g/mol. The third kappa shape index (κ3) is 2.55. The molecule has 5 nitrogen and oxygen atoms in total. The molecule has 1 fully saturated rings. The minimum absolute atomic E-state index is 0.193. The number of carboxylic acids is 1. The molecule has 5 heteroatoms. The Morgan fingerprint density at radius 2 is 2.06 bits per heavy atom. The normalized spacial score (nSPS) is 18.2. The van der Waals surface area contributed by atoms with Crippen LogP contribution in [0.25, 0.3) is 0 Å². The van der Waals surface area contributed by atoms with Gasteiger partial charge >= 0.3 is 5.97 Å². The maximum absolute atomic E-state index is 11.5. The van der Waals surface area contributed by atoms with Crippen LogP contribution in [-0.2, 0) is 0 Å². The van der Waals surface area contributed by atoms with Gasteiger partial charge in [0.05, 0.1) is 0 Å². The van der Waals surface area contributed by atoms with Crippen LogP contribution in [0.4, 0.5) is 0 Å². The second kappa shape index (κ2) is 4.71. The van der Waals surface area contributed by atoms with Crippen LogP contribution in [-0.4, -0.2) is 41.1 Å². The van der Waals surface area contributed by atoms with Crippen LogP contribution >= 0.6 is 0 Å². The molecule has 1 aromatic heterocycles. The predicted octanol–water partition coefficient (Wildman–Crippen LogP) is 0.882. The topological polar surface area (TPSA) is 73.4 Å². The van der Waals surface area contributed by atoms with Gasteiger partial charge in [-0.05, 0) is 45.1 Å². The highest BCUT2D eigenvalue weighted by Crippen LogP contribution is 2.25. The van der Waals surface area contributed by atoms with Gasteiger partial charge in [-0.1, -0.05) is 0 Å². The molecule has 0 radical (unpaired) electrons. The van der Waals surface area contributed by atoms with Crippen molar-refractivity contribution in [2.75, 3.05) is 20.1 Å². The quantitative estimate of drug-likeness (QED) is 0.799. The summed E-state index contributed by atoms with van der Waals surface area (Å²) in [6.45, 7) is 2.01. The van der Waals surface area contributed by atoms with E-state index >= 15 is 0 Å². The van der Waals surface area contributed by atoms with Gasteiger partial charge in [0.15, 0.2) is 0 Å². The van der Waals surface area contributed by atoms with Gasteiger partial charge in [-0.2, -0.15) is 0 Å². The van der Waals surface area contributed by atoms with Crippen molar-refractivity contribution in [2.45, 2.75) is 18.8 Å². The van der Waals surface area contributed by atoms with E-state index in [2.05, 4.69) is 16.9 Å². The van der Waals surface area contributed by atoms with Crippen LogP contribution in [0.2, 0.25) is 0 Å². The van der Waals surface area contributed by atoms with E-state index in [1.807, 2.05) is 0 Å². The lowest BCUT2D eigenvalue weighted by Gasteiger charge is -2.28. The Hall–Kier alpha value is -1.62. The third-order valence-corrected chi connectivity index (χ3v) is 3.32. The molecule has 17 heavy (non-hydrogen) atoms. The van der Waals surface area contributed by atoms with Crippen molar-refractivity contribution in [3.63, 3.8) is 0 Å². The molecule has 0 aromatic carbocycles. The Morgan fingerprint density at radius 1 is 1.41 bits per heavy atom. The van der Waals surface area contributed by atoms with Gasteiger partial charge in [0, 0.05) is 11.6 Å². The molecule has 0 unspecified atom stereocenters. The number of nitrogens with one attached hydrogen (secondary N) is 1. The summed E-state index contributed by atoms with van der Waals surface area (Å²) in [7, 11) is 2.08. The highest BCUT2D eigenvalue weighted by molar-refractivity contribution is 5.86. The van der Waals surface area contributed by atoms with Gasteiger partial charge < -0.3 is 15.0 Å². The fourth-order valence-electron chi connectivity index (χ4n) is 2.22. The van der Waals surface area contributed by atoms with E-state index in [0.29, 0.717) is 5.92 Å². The summed E-state index contributed by atoms with van der Waals surface area (Å²) >= 11 is 0. The molecule has 0 bridgehead atoms. The van der Waals surface area contributed by atoms with Gasteiger partial charge in [0.1, 0.15) is 5.56 Å². The second-order valence-electron chi connectivity index (χ2n) is 4.54. The molecule has 1 saturated heterocycles. The number of aromatic amines is 1. The van der Waals surface area contributed by atoms with Crippen molar-refractivity contribution in [2.24, 2.45) is 0 Å². The van der Waals surface area contributed by atoms with E-state index in [1.54, 1.807) is 6.07 Å². The SMILES string of the molecule is CN1CCC(c2ccc(C(=O)O)c(=O)[nH]2)CC1. The van der Waals surface area contributed by atoms with Crippen LogP contribution in [0, 0.1) is 0 Å². The number of carbonyl (C=O) groups is 1. The fourth-order valence-corrected chi connectivity index (χ4v) is 2.22. The molecule has 1 aliphatic rings. The molecule has 1 aromatic rings. The van der Waals surface area contributed by atoms with Crippen LogP contribution in [0.3, 0.4) is 0 Å². The Morgan fingerprint density at radius 3 is 2.59 bits per heavy atom. The Bertz CT molecular complexity index is 473. The Balaban J connectivity index is 2.20. The average Bonchev–Trinajstić information content (AvgIpc) is 2.29. The molecule has 0 atom stereocenters. The van der Waals surface area contributed by atoms with Crippen molar-refractivity contribution in [1.82, 2.24) is 9.88 Å². The lowest BCUT2D eigenvalue weighted by Crippen LogP contribution is -2.30. The first kappa shape index (κ1) is 11.9. The van der Waals surface area contributed by atoms with Crippen LogP contribution < -0.4 is 5.56 Å². The average molecular weight is 236 g/mol. The molecule has 0 aliphatic carbocycles. The van der Waals surface area contributed by atoms with E-state index in [0.717, 1.165) is 31.6 Å². The zero-order valence-corrected chi connectivity index (χ0v) is 9.77. The lowest BCUT2D eigenvalue weighted by molar-refractivity contribution is 0.0695. The predicted molar refractivity (Wildman–Crippen MR) is 63.5 cm³/mol. The number of nitrogens with zero attached hydrogens (tertiary/aromatic N) is 1. The molecule has 2 N–H and O–H groups in total. The highest BCUT2D eigenvalue weighted by atomic mass is 16.4. The van der Waals surface area contributed by atoms with E-state index in [4.69, 9.17) is 5.11 Å². The summed E-state index contributed by atoms with van der Waals surface area (Å²) in [4.78, 5) is 27.2. The molecule has 0 spiro atoms. The summed E-state index contributed by atoms with van der Waals surface area (Å²) < 4.78 is 0. The molecule has 0 saturated carbocycles. The van der Waals surface area contributed by atoms with Crippen molar-refractivity contribution in [1.29, 1.82) is 0 Å². The molecule has 0 amide bonds. The smallest absolute Gasteiger partial charge is 0.341 e. The zero-order valence-electron chi connectivity index (χ0n) is 9.77. The summed E-state index contributed by atoms with van der Waals surface area (Å²) in [6, 6.07) is 3.12. The van der Waals surface area contributed by atoms with Crippen molar-refractivity contribution in [3.05, 3.63) is 33.7 Å². The number of carboxylic acid groups (broad SMARTS) is 1. The van der Waals surface area contributed by atoms with Crippen molar-refractivity contribution in [3.8, 4) is 0 Å². The molecule has 2 heterocycles. The van der Waals surface area contributed by atoms with Gasteiger partial charge in [0.2, 0.25) is 0 Å². The standard InChI is InChI=1S/C12H16N2O3/c1-14-6-4-8(5-7-14)10-3-2-9(12(16)17)11(15)13-10/h2-3,8H,4-7H2,1H3,(H,13,15)(H,16,17). The van der Waals surface area contributed by atoms with E-state index < -0.39 is 11.5 Å². The number of hydrogen-bond donors (Lipinski definition) is 2. The van der Waals surface area contributed by atoms with Gasteiger partial charge in [0.25, 0.3) is 5.56 Å². The summed E-state index contributed by atoms with van der Waals surface area (Å²) in [5.74, 6) is -0.845. The molecule has 1 aliphatic heterocycles. The first-order valence-electron chi connectivity index (χ1n) is 5.73. The summed E-state index contributed by atoms with van der Waals surface area (Å²) in [6.07, 6.45) is 2.00. The first-order chi connectivity index (χ1) is 8.08. The van der Waals surface area contributed by atoms with E-state index in [1.165, 1.54) is 6.07 Å². The summed E-state index contributed by atoms with van der Waals surface area (Å²) in [5, 5.41) is 8.77. The van der Waals surface area contributed by atoms with Crippen LogP contribution in [0.15, 0.2) is 16.9 Å². The molecule has 2 rings (SSSR count). The minimum Gasteiger partial charge on any atom is -0.477 e. The lowest BCUT2D eigenvalue weighted by atomic mass is 9.93. The Kier molecular flexibility index (Phi) is 3.28. The number of pyridine rings is 1. The number of piperidine rings is 1. The maximum atomic E-state index is 11.5. The van der Waals surface area contributed by atoms with Crippen LogP contribution in [0.5, 0.6) is 0 Å². The van der Waals surface area contributed by atoms with E-state index in [-0.39, 0.29) is 5.56 Å². The fraction of sp³-hybridized carbons (Fsp3) is 0.500. The minimum atomic E-state index is -1.18. The maximum Gasteiger partial charge on any atom is 0.341 e. The second-order valence-corrected chi connectivity index (χ2v) is 4.54. The number of aromatic nitrogens is 1.